The molecule has 0 aromatic heterocycles. The van der Waals surface area contributed by atoms with Crippen LogP contribution in [0, 0.1) is 0 Å². The van der Waals surface area contributed by atoms with Gasteiger partial charge in [0.1, 0.15) is 17.3 Å². The molecule has 2 aromatic rings. The van der Waals surface area contributed by atoms with Crippen molar-refractivity contribution in [3.63, 3.8) is 0 Å². The van der Waals surface area contributed by atoms with E-state index in [9.17, 15) is 14.7 Å². The molecule has 1 atom stereocenters. The molecule has 8 heteroatoms. The zero-order valence-electron chi connectivity index (χ0n) is 20.2. The summed E-state index contributed by atoms with van der Waals surface area (Å²) in [6.07, 6.45) is 0. The standard InChI is InChI=1S/C27H32N2O6/c1-3-34-21-9-5-19(6-10-21)24-23(25(30)20-7-11-22(12-8-20)35-4-2)26(31)27(32)29(24)14-13-28-15-17-33-18-16-28/h5-12,24,30H,3-4,13-18H2,1-2H3/b25-23+/t24-/m0/s1. The van der Waals surface area contributed by atoms with Gasteiger partial charge in [-0.25, -0.2) is 0 Å². The van der Waals surface area contributed by atoms with Gasteiger partial charge >= 0.3 is 0 Å². The second-order valence-corrected chi connectivity index (χ2v) is 8.41. The fourth-order valence-corrected chi connectivity index (χ4v) is 4.48. The van der Waals surface area contributed by atoms with Crippen LogP contribution in [0.25, 0.3) is 5.76 Å². The summed E-state index contributed by atoms with van der Waals surface area (Å²) in [7, 11) is 0. The largest absolute Gasteiger partial charge is 0.507 e. The monoisotopic (exact) mass is 480 g/mol. The van der Waals surface area contributed by atoms with Crippen molar-refractivity contribution in [1.82, 2.24) is 9.80 Å². The predicted octanol–water partition coefficient (Wildman–Crippen LogP) is 3.24. The lowest BCUT2D eigenvalue weighted by Crippen LogP contribution is -2.42. The van der Waals surface area contributed by atoms with Gasteiger partial charge in [-0.1, -0.05) is 12.1 Å². The quantitative estimate of drug-likeness (QED) is 0.335. The number of likely N-dealkylation sites (tertiary alicyclic amines) is 1. The predicted molar refractivity (Wildman–Crippen MR) is 131 cm³/mol. The lowest BCUT2D eigenvalue weighted by Gasteiger charge is -2.31. The molecule has 2 saturated heterocycles. The number of carbonyl (C=O) groups is 2. The summed E-state index contributed by atoms with van der Waals surface area (Å²) in [5.74, 6) is -0.118. The number of Topliss-reactive ketones (excluding diaryl/α,β-unsaturated/α-hetero) is 1. The molecule has 2 aliphatic rings. The molecule has 0 saturated carbocycles. The number of rotatable bonds is 9. The Bertz CT molecular complexity index is 1060. The van der Waals surface area contributed by atoms with E-state index in [0.717, 1.165) is 18.7 Å². The summed E-state index contributed by atoms with van der Waals surface area (Å²) in [4.78, 5) is 30.1. The molecule has 0 bridgehead atoms. The molecule has 2 fully saturated rings. The highest BCUT2D eigenvalue weighted by Gasteiger charge is 2.46. The number of ketones is 1. The highest BCUT2D eigenvalue weighted by atomic mass is 16.5. The first-order chi connectivity index (χ1) is 17.0. The van der Waals surface area contributed by atoms with Crippen LogP contribution >= 0.6 is 0 Å². The lowest BCUT2D eigenvalue weighted by molar-refractivity contribution is -0.140. The van der Waals surface area contributed by atoms with Gasteiger partial charge in [-0.3, -0.25) is 14.5 Å². The number of morpholine rings is 1. The smallest absolute Gasteiger partial charge is 0.295 e. The van der Waals surface area contributed by atoms with E-state index in [-0.39, 0.29) is 11.3 Å². The Morgan fingerprint density at radius 1 is 0.914 bits per heavy atom. The van der Waals surface area contributed by atoms with Crippen molar-refractivity contribution in [2.24, 2.45) is 0 Å². The number of hydrogen-bond donors (Lipinski definition) is 1. The molecule has 4 rings (SSSR count). The molecule has 0 radical (unpaired) electrons. The van der Waals surface area contributed by atoms with Gasteiger partial charge in [-0.15, -0.1) is 0 Å². The van der Waals surface area contributed by atoms with Gasteiger partial charge in [0, 0.05) is 31.7 Å². The molecule has 8 nitrogen and oxygen atoms in total. The van der Waals surface area contributed by atoms with Crippen LogP contribution in [0.2, 0.25) is 0 Å². The molecule has 0 unspecified atom stereocenters. The van der Waals surface area contributed by atoms with Crippen LogP contribution in [0.5, 0.6) is 11.5 Å². The summed E-state index contributed by atoms with van der Waals surface area (Å²) in [6.45, 7) is 8.71. The first-order valence-electron chi connectivity index (χ1n) is 12.1. The van der Waals surface area contributed by atoms with Crippen LogP contribution in [0.1, 0.15) is 31.0 Å². The maximum Gasteiger partial charge on any atom is 0.295 e. The molecule has 0 aliphatic carbocycles. The summed E-state index contributed by atoms with van der Waals surface area (Å²) < 4.78 is 16.4. The second kappa shape index (κ2) is 11.4. The Balaban J connectivity index is 1.70. The van der Waals surface area contributed by atoms with Crippen LogP contribution in [0.15, 0.2) is 54.1 Å². The number of aliphatic hydroxyl groups excluding tert-OH is 1. The average molecular weight is 481 g/mol. The molecular formula is C27H32N2O6. The molecule has 0 spiro atoms. The first kappa shape index (κ1) is 24.8. The van der Waals surface area contributed by atoms with Crippen LogP contribution < -0.4 is 9.47 Å². The Kier molecular flexibility index (Phi) is 8.05. The van der Waals surface area contributed by atoms with E-state index in [2.05, 4.69) is 4.90 Å². The highest BCUT2D eigenvalue weighted by Crippen LogP contribution is 2.40. The minimum Gasteiger partial charge on any atom is -0.507 e. The van der Waals surface area contributed by atoms with Gasteiger partial charge in [0.15, 0.2) is 0 Å². The third-order valence-corrected chi connectivity index (χ3v) is 6.25. The van der Waals surface area contributed by atoms with Crippen LogP contribution in [0.4, 0.5) is 0 Å². The molecule has 1 N–H and O–H groups in total. The van der Waals surface area contributed by atoms with E-state index < -0.39 is 17.7 Å². The molecule has 2 aromatic carbocycles. The number of aliphatic hydroxyl groups is 1. The fourth-order valence-electron chi connectivity index (χ4n) is 4.48. The molecular weight excluding hydrogens is 448 g/mol. The van der Waals surface area contributed by atoms with E-state index >= 15 is 0 Å². The van der Waals surface area contributed by atoms with Gasteiger partial charge < -0.3 is 24.2 Å². The number of carbonyl (C=O) groups excluding carboxylic acids is 2. The van der Waals surface area contributed by atoms with Gasteiger partial charge in [-0.05, 0) is 55.8 Å². The zero-order chi connectivity index (χ0) is 24.8. The zero-order valence-corrected chi connectivity index (χ0v) is 20.2. The van der Waals surface area contributed by atoms with Crippen molar-refractivity contribution >= 4 is 17.4 Å². The van der Waals surface area contributed by atoms with Gasteiger partial charge in [-0.2, -0.15) is 0 Å². The normalized spacial score (nSPS) is 20.3. The average Bonchev–Trinajstić information content (AvgIpc) is 3.14. The van der Waals surface area contributed by atoms with Gasteiger partial charge in [0.2, 0.25) is 0 Å². The number of benzene rings is 2. The summed E-state index contributed by atoms with van der Waals surface area (Å²) >= 11 is 0. The van der Waals surface area contributed by atoms with E-state index in [1.165, 1.54) is 0 Å². The topological polar surface area (TPSA) is 88.5 Å². The Labute approximate surface area is 205 Å². The van der Waals surface area contributed by atoms with E-state index in [1.807, 2.05) is 38.1 Å². The maximum absolute atomic E-state index is 13.2. The van der Waals surface area contributed by atoms with Gasteiger partial charge in [0.05, 0.1) is 38.0 Å². The maximum atomic E-state index is 13.2. The van der Waals surface area contributed by atoms with Crippen LogP contribution in [-0.2, 0) is 14.3 Å². The van der Waals surface area contributed by atoms with Crippen molar-refractivity contribution in [3.8, 4) is 11.5 Å². The van der Waals surface area contributed by atoms with Crippen molar-refractivity contribution in [2.75, 3.05) is 52.6 Å². The second-order valence-electron chi connectivity index (χ2n) is 8.41. The molecule has 1 amide bonds. The third kappa shape index (κ3) is 5.49. The van der Waals surface area contributed by atoms with Crippen molar-refractivity contribution in [3.05, 3.63) is 65.2 Å². The minimum atomic E-state index is -0.696. The molecule has 35 heavy (non-hydrogen) atoms. The summed E-state index contributed by atoms with van der Waals surface area (Å²) in [5.41, 5.74) is 1.28. The highest BCUT2D eigenvalue weighted by molar-refractivity contribution is 6.46. The lowest BCUT2D eigenvalue weighted by atomic mass is 9.95. The SMILES string of the molecule is CCOc1ccc(/C(O)=C2\C(=O)C(=O)N(CCN3CCOCC3)[C@H]2c2ccc(OCC)cc2)cc1. The number of nitrogens with zero attached hydrogens (tertiary/aromatic N) is 2. The Hall–Kier alpha value is -3.36. The van der Waals surface area contributed by atoms with Crippen molar-refractivity contribution < 1.29 is 28.9 Å². The van der Waals surface area contributed by atoms with E-state index in [4.69, 9.17) is 14.2 Å². The first-order valence-corrected chi connectivity index (χ1v) is 12.1. The van der Waals surface area contributed by atoms with E-state index in [1.54, 1.807) is 29.2 Å². The third-order valence-electron chi connectivity index (χ3n) is 6.25. The number of amides is 1. The molecule has 2 heterocycles. The van der Waals surface area contributed by atoms with Crippen LogP contribution in [-0.4, -0.2) is 79.2 Å². The number of ether oxygens (including phenoxy) is 3. The fraction of sp³-hybridized carbons (Fsp3) is 0.407. The molecule has 2 aliphatic heterocycles. The Morgan fingerprint density at radius 3 is 2.06 bits per heavy atom. The summed E-state index contributed by atoms with van der Waals surface area (Å²) in [5, 5.41) is 11.2. The van der Waals surface area contributed by atoms with Crippen molar-refractivity contribution in [1.29, 1.82) is 0 Å². The number of hydrogen-bond acceptors (Lipinski definition) is 7. The van der Waals surface area contributed by atoms with Crippen molar-refractivity contribution in [2.45, 2.75) is 19.9 Å². The van der Waals surface area contributed by atoms with E-state index in [0.29, 0.717) is 56.6 Å². The minimum absolute atomic E-state index is 0.0882. The Morgan fingerprint density at radius 2 is 1.49 bits per heavy atom. The summed E-state index contributed by atoms with van der Waals surface area (Å²) in [6, 6.07) is 13.5. The van der Waals surface area contributed by atoms with Gasteiger partial charge in [0.25, 0.3) is 11.7 Å². The van der Waals surface area contributed by atoms with Crippen LogP contribution in [0.3, 0.4) is 0 Å². The molecule has 186 valence electrons.